The molecule has 1 fully saturated rings. The highest BCUT2D eigenvalue weighted by Crippen LogP contribution is 2.22. The standard InChI is InChI=1S/C21H27N3O3/c1-3-23(4-2)18-11-9-17(10-12-18)22-20(25)16-7-5-13-24(15-16)21(26)19-8-6-14-27-19/h6,8-12,14,16H,3-5,7,13,15H2,1-2H3,(H,22,25)/t16-/m0/s1. The van der Waals surface area contributed by atoms with Crippen LogP contribution in [-0.2, 0) is 4.79 Å². The quantitative estimate of drug-likeness (QED) is 0.845. The second-order valence-electron chi connectivity index (χ2n) is 6.78. The molecule has 0 radical (unpaired) electrons. The van der Waals surface area contributed by atoms with Gasteiger partial charge in [0.15, 0.2) is 5.76 Å². The minimum absolute atomic E-state index is 0.0393. The third-order valence-electron chi connectivity index (χ3n) is 5.07. The normalized spacial score (nSPS) is 16.8. The van der Waals surface area contributed by atoms with E-state index in [0.717, 1.165) is 37.3 Å². The predicted molar refractivity (Wildman–Crippen MR) is 106 cm³/mol. The zero-order chi connectivity index (χ0) is 19.2. The molecule has 0 bridgehead atoms. The van der Waals surface area contributed by atoms with Gasteiger partial charge in [-0.1, -0.05) is 0 Å². The SMILES string of the molecule is CCN(CC)c1ccc(NC(=O)[C@H]2CCCN(C(=O)c3ccco3)C2)cc1. The van der Waals surface area contributed by atoms with Crippen LogP contribution in [-0.4, -0.2) is 42.9 Å². The van der Waals surface area contributed by atoms with Crippen LogP contribution in [0.1, 0.15) is 37.2 Å². The number of piperidine rings is 1. The summed E-state index contributed by atoms with van der Waals surface area (Å²) in [6.07, 6.45) is 3.08. The van der Waals surface area contributed by atoms with Crippen molar-refractivity contribution in [2.45, 2.75) is 26.7 Å². The van der Waals surface area contributed by atoms with Gasteiger partial charge in [-0.3, -0.25) is 9.59 Å². The van der Waals surface area contributed by atoms with Crippen LogP contribution in [0, 0.1) is 5.92 Å². The Morgan fingerprint density at radius 1 is 1.19 bits per heavy atom. The lowest BCUT2D eigenvalue weighted by Crippen LogP contribution is -2.43. The van der Waals surface area contributed by atoms with Crippen LogP contribution in [0.5, 0.6) is 0 Å². The highest BCUT2D eigenvalue weighted by Gasteiger charge is 2.29. The topological polar surface area (TPSA) is 65.8 Å². The van der Waals surface area contributed by atoms with E-state index in [1.165, 1.54) is 6.26 Å². The van der Waals surface area contributed by atoms with Gasteiger partial charge in [0.05, 0.1) is 12.2 Å². The van der Waals surface area contributed by atoms with Crippen molar-refractivity contribution in [1.82, 2.24) is 4.90 Å². The fraction of sp³-hybridized carbons (Fsp3) is 0.429. The van der Waals surface area contributed by atoms with Crippen molar-refractivity contribution in [3.8, 4) is 0 Å². The lowest BCUT2D eigenvalue weighted by Gasteiger charge is -2.31. The molecule has 2 amide bonds. The molecule has 2 aromatic rings. The lowest BCUT2D eigenvalue weighted by molar-refractivity contribution is -0.121. The van der Waals surface area contributed by atoms with E-state index in [2.05, 4.69) is 24.1 Å². The zero-order valence-electron chi connectivity index (χ0n) is 16.0. The van der Waals surface area contributed by atoms with Crippen molar-refractivity contribution < 1.29 is 14.0 Å². The number of carbonyl (C=O) groups is 2. The van der Waals surface area contributed by atoms with Gasteiger partial charge in [-0.2, -0.15) is 0 Å². The number of likely N-dealkylation sites (tertiary alicyclic amines) is 1. The van der Waals surface area contributed by atoms with Crippen LogP contribution in [0.3, 0.4) is 0 Å². The number of rotatable bonds is 6. The number of nitrogens with one attached hydrogen (secondary N) is 1. The Labute approximate surface area is 160 Å². The van der Waals surface area contributed by atoms with Crippen LogP contribution in [0.4, 0.5) is 11.4 Å². The molecule has 1 aromatic carbocycles. The average molecular weight is 369 g/mol. The summed E-state index contributed by atoms with van der Waals surface area (Å²) < 4.78 is 5.19. The minimum Gasteiger partial charge on any atom is -0.459 e. The second kappa shape index (κ2) is 8.75. The Bertz CT molecular complexity index is 751. The third kappa shape index (κ3) is 4.51. The Kier molecular flexibility index (Phi) is 6.16. The number of benzene rings is 1. The van der Waals surface area contributed by atoms with Crippen molar-refractivity contribution in [2.24, 2.45) is 5.92 Å². The van der Waals surface area contributed by atoms with Crippen molar-refractivity contribution in [3.05, 3.63) is 48.4 Å². The van der Waals surface area contributed by atoms with Gasteiger partial charge >= 0.3 is 0 Å². The Morgan fingerprint density at radius 3 is 2.56 bits per heavy atom. The van der Waals surface area contributed by atoms with E-state index >= 15 is 0 Å². The number of anilines is 2. The van der Waals surface area contributed by atoms with E-state index in [0.29, 0.717) is 18.8 Å². The van der Waals surface area contributed by atoms with Crippen molar-refractivity contribution >= 4 is 23.2 Å². The van der Waals surface area contributed by atoms with Crippen LogP contribution in [0.15, 0.2) is 47.1 Å². The maximum absolute atomic E-state index is 12.7. The Hall–Kier alpha value is -2.76. The molecular formula is C21H27N3O3. The molecule has 6 heteroatoms. The van der Waals surface area contributed by atoms with E-state index in [-0.39, 0.29) is 17.7 Å². The van der Waals surface area contributed by atoms with E-state index in [9.17, 15) is 9.59 Å². The molecule has 0 saturated carbocycles. The number of hydrogen-bond acceptors (Lipinski definition) is 4. The summed E-state index contributed by atoms with van der Waals surface area (Å²) in [5.41, 5.74) is 1.93. The molecule has 27 heavy (non-hydrogen) atoms. The van der Waals surface area contributed by atoms with Gasteiger partial charge < -0.3 is 19.5 Å². The summed E-state index contributed by atoms with van der Waals surface area (Å²) in [4.78, 5) is 29.1. The van der Waals surface area contributed by atoms with Crippen LogP contribution >= 0.6 is 0 Å². The van der Waals surface area contributed by atoms with Gasteiger partial charge in [-0.15, -0.1) is 0 Å². The van der Waals surface area contributed by atoms with Gasteiger partial charge in [-0.05, 0) is 63.1 Å². The Balaban J connectivity index is 1.59. The minimum atomic E-state index is -0.208. The molecule has 1 aliphatic heterocycles. The first kappa shape index (κ1) is 19.0. The molecule has 1 atom stereocenters. The molecule has 1 aliphatic rings. The monoisotopic (exact) mass is 369 g/mol. The first-order valence-corrected chi connectivity index (χ1v) is 9.61. The summed E-state index contributed by atoms with van der Waals surface area (Å²) in [5, 5.41) is 2.99. The molecule has 1 saturated heterocycles. The number of amides is 2. The van der Waals surface area contributed by atoms with Gasteiger partial charge in [0.2, 0.25) is 5.91 Å². The molecule has 0 aliphatic carbocycles. The molecule has 0 unspecified atom stereocenters. The van der Waals surface area contributed by atoms with Crippen LogP contribution in [0.2, 0.25) is 0 Å². The Morgan fingerprint density at radius 2 is 1.93 bits per heavy atom. The second-order valence-corrected chi connectivity index (χ2v) is 6.78. The molecule has 1 N–H and O–H groups in total. The summed E-state index contributed by atoms with van der Waals surface area (Å²) in [6, 6.07) is 11.3. The highest BCUT2D eigenvalue weighted by atomic mass is 16.3. The molecule has 1 aromatic heterocycles. The molecule has 3 rings (SSSR count). The molecule has 0 spiro atoms. The molecule has 144 valence electrons. The first-order chi connectivity index (χ1) is 13.1. The molecular weight excluding hydrogens is 342 g/mol. The highest BCUT2D eigenvalue weighted by molar-refractivity contribution is 5.95. The van der Waals surface area contributed by atoms with E-state index < -0.39 is 0 Å². The fourth-order valence-corrected chi connectivity index (χ4v) is 3.52. The van der Waals surface area contributed by atoms with E-state index in [1.807, 2.05) is 24.3 Å². The summed E-state index contributed by atoms with van der Waals surface area (Å²) in [5.74, 6) is -0.0771. The molecule has 2 heterocycles. The van der Waals surface area contributed by atoms with Crippen LogP contribution in [0.25, 0.3) is 0 Å². The zero-order valence-corrected chi connectivity index (χ0v) is 16.0. The van der Waals surface area contributed by atoms with Gasteiger partial charge in [0, 0.05) is 37.6 Å². The third-order valence-corrected chi connectivity index (χ3v) is 5.07. The maximum atomic E-state index is 12.7. The summed E-state index contributed by atoms with van der Waals surface area (Å²) in [7, 11) is 0. The first-order valence-electron chi connectivity index (χ1n) is 9.61. The lowest BCUT2D eigenvalue weighted by atomic mass is 9.96. The summed E-state index contributed by atoms with van der Waals surface area (Å²) in [6.45, 7) is 7.22. The van der Waals surface area contributed by atoms with E-state index in [4.69, 9.17) is 4.42 Å². The van der Waals surface area contributed by atoms with Crippen LogP contribution < -0.4 is 10.2 Å². The maximum Gasteiger partial charge on any atom is 0.289 e. The van der Waals surface area contributed by atoms with E-state index in [1.54, 1.807) is 17.0 Å². The predicted octanol–water partition coefficient (Wildman–Crippen LogP) is 3.62. The molecule has 6 nitrogen and oxygen atoms in total. The van der Waals surface area contributed by atoms with Gasteiger partial charge in [0.25, 0.3) is 5.91 Å². The average Bonchev–Trinajstić information content (AvgIpc) is 3.24. The summed E-state index contributed by atoms with van der Waals surface area (Å²) >= 11 is 0. The van der Waals surface area contributed by atoms with Crippen molar-refractivity contribution in [3.63, 3.8) is 0 Å². The number of carbonyl (C=O) groups excluding carboxylic acids is 2. The number of hydrogen-bond donors (Lipinski definition) is 1. The number of furan rings is 1. The fourth-order valence-electron chi connectivity index (χ4n) is 3.52. The van der Waals surface area contributed by atoms with Crippen molar-refractivity contribution in [1.29, 1.82) is 0 Å². The smallest absolute Gasteiger partial charge is 0.289 e. The van der Waals surface area contributed by atoms with Gasteiger partial charge in [-0.25, -0.2) is 0 Å². The van der Waals surface area contributed by atoms with Crippen molar-refractivity contribution in [2.75, 3.05) is 36.4 Å². The number of nitrogens with zero attached hydrogens (tertiary/aromatic N) is 2. The van der Waals surface area contributed by atoms with Gasteiger partial charge in [0.1, 0.15) is 0 Å². The largest absolute Gasteiger partial charge is 0.459 e.